The molecule has 0 aromatic rings. The Morgan fingerprint density at radius 2 is 1.81 bits per heavy atom. The Hall–Kier alpha value is -0.120. The smallest absolute Gasteiger partial charge is 0.0784 e. The molecule has 3 nitrogen and oxygen atoms in total. The molecule has 0 aliphatic rings. The summed E-state index contributed by atoms with van der Waals surface area (Å²) in [6, 6.07) is 0. The lowest BCUT2D eigenvalue weighted by Gasteiger charge is -2.27. The molecule has 0 saturated carbocycles. The molecule has 1 N–H and O–H groups in total. The molecule has 0 saturated heterocycles. The van der Waals surface area contributed by atoms with Gasteiger partial charge in [0.2, 0.25) is 0 Å². The molecule has 2 atom stereocenters. The van der Waals surface area contributed by atoms with Crippen LogP contribution in [0.1, 0.15) is 48.0 Å². The highest BCUT2D eigenvalue weighted by Gasteiger charge is 2.15. The van der Waals surface area contributed by atoms with Gasteiger partial charge in [0.15, 0.2) is 0 Å². The van der Waals surface area contributed by atoms with Crippen LogP contribution in [0.3, 0.4) is 0 Å². The lowest BCUT2D eigenvalue weighted by molar-refractivity contribution is -0.0480. The monoisotopic (exact) mass is 231 g/mol. The first-order chi connectivity index (χ1) is 7.39. The molecule has 0 aromatic carbocycles. The fourth-order valence-corrected chi connectivity index (χ4v) is 1.36. The standard InChI is InChI=1S/C13H29NO2/c1-7-12(9-14-13(4,5)6)16-11(3)10-15-8-2/h11-12,14H,7-10H2,1-6H3. The van der Waals surface area contributed by atoms with Gasteiger partial charge in [0.25, 0.3) is 0 Å². The number of ether oxygens (including phenoxy) is 2. The second-order valence-electron chi connectivity index (χ2n) is 5.27. The summed E-state index contributed by atoms with van der Waals surface area (Å²) in [5, 5.41) is 3.47. The van der Waals surface area contributed by atoms with E-state index in [4.69, 9.17) is 9.47 Å². The highest BCUT2D eigenvalue weighted by Crippen LogP contribution is 2.05. The predicted molar refractivity (Wildman–Crippen MR) is 68.9 cm³/mol. The van der Waals surface area contributed by atoms with Crippen molar-refractivity contribution in [1.29, 1.82) is 0 Å². The van der Waals surface area contributed by atoms with Crippen LogP contribution in [0.25, 0.3) is 0 Å². The van der Waals surface area contributed by atoms with E-state index in [9.17, 15) is 0 Å². The van der Waals surface area contributed by atoms with Crippen LogP contribution in [0.2, 0.25) is 0 Å². The third-order valence-electron chi connectivity index (χ3n) is 2.30. The molecule has 2 unspecified atom stereocenters. The summed E-state index contributed by atoms with van der Waals surface area (Å²) in [6.45, 7) is 15.1. The molecule has 0 aromatic heterocycles. The predicted octanol–water partition coefficient (Wildman–Crippen LogP) is 2.59. The molecule has 0 rings (SSSR count). The Morgan fingerprint density at radius 3 is 2.25 bits per heavy atom. The van der Waals surface area contributed by atoms with Gasteiger partial charge in [-0.1, -0.05) is 6.92 Å². The SMILES string of the molecule is CCOCC(C)OC(CC)CNC(C)(C)C. The van der Waals surface area contributed by atoms with Crippen LogP contribution >= 0.6 is 0 Å². The van der Waals surface area contributed by atoms with Crippen molar-refractivity contribution in [2.45, 2.75) is 65.7 Å². The summed E-state index contributed by atoms with van der Waals surface area (Å²) in [5.74, 6) is 0. The van der Waals surface area contributed by atoms with Gasteiger partial charge in [-0.3, -0.25) is 0 Å². The van der Waals surface area contributed by atoms with Gasteiger partial charge in [0, 0.05) is 18.7 Å². The summed E-state index contributed by atoms with van der Waals surface area (Å²) in [6.07, 6.45) is 1.47. The topological polar surface area (TPSA) is 30.5 Å². The summed E-state index contributed by atoms with van der Waals surface area (Å²) >= 11 is 0. The molecular formula is C13H29NO2. The first-order valence-electron chi connectivity index (χ1n) is 6.37. The maximum Gasteiger partial charge on any atom is 0.0784 e. The van der Waals surface area contributed by atoms with Crippen LogP contribution < -0.4 is 5.32 Å². The van der Waals surface area contributed by atoms with Crippen LogP contribution in [0.4, 0.5) is 0 Å². The third-order valence-corrected chi connectivity index (χ3v) is 2.30. The zero-order chi connectivity index (χ0) is 12.6. The van der Waals surface area contributed by atoms with Gasteiger partial charge in [-0.25, -0.2) is 0 Å². The lowest BCUT2D eigenvalue weighted by Crippen LogP contribution is -2.42. The van der Waals surface area contributed by atoms with Gasteiger partial charge in [0.1, 0.15) is 0 Å². The largest absolute Gasteiger partial charge is 0.379 e. The molecule has 3 heteroatoms. The summed E-state index contributed by atoms with van der Waals surface area (Å²) in [4.78, 5) is 0. The molecule has 16 heavy (non-hydrogen) atoms. The first-order valence-corrected chi connectivity index (χ1v) is 6.37. The van der Waals surface area contributed by atoms with E-state index < -0.39 is 0 Å². The maximum absolute atomic E-state index is 5.91. The molecule has 0 aliphatic heterocycles. The van der Waals surface area contributed by atoms with E-state index in [1.165, 1.54) is 0 Å². The zero-order valence-electron chi connectivity index (χ0n) is 11.8. The summed E-state index contributed by atoms with van der Waals surface area (Å²) < 4.78 is 11.3. The number of rotatable bonds is 8. The Labute approximate surface area is 101 Å². The van der Waals surface area contributed by atoms with E-state index in [0.717, 1.165) is 19.6 Å². The quantitative estimate of drug-likeness (QED) is 0.696. The minimum absolute atomic E-state index is 0.153. The van der Waals surface area contributed by atoms with Crippen molar-refractivity contribution in [1.82, 2.24) is 5.32 Å². The average molecular weight is 231 g/mol. The van der Waals surface area contributed by atoms with Crippen molar-refractivity contribution in [2.24, 2.45) is 0 Å². The van der Waals surface area contributed by atoms with Crippen LogP contribution in [-0.4, -0.2) is 37.5 Å². The van der Waals surface area contributed by atoms with Gasteiger partial charge in [-0.2, -0.15) is 0 Å². The maximum atomic E-state index is 5.91. The van der Waals surface area contributed by atoms with E-state index in [-0.39, 0.29) is 17.7 Å². The summed E-state index contributed by atoms with van der Waals surface area (Å²) in [5.41, 5.74) is 0.153. The molecule has 0 radical (unpaired) electrons. The Bertz CT molecular complexity index is 166. The van der Waals surface area contributed by atoms with Crippen LogP contribution in [-0.2, 0) is 9.47 Å². The van der Waals surface area contributed by atoms with Crippen molar-refractivity contribution >= 4 is 0 Å². The molecule has 0 spiro atoms. The van der Waals surface area contributed by atoms with Crippen LogP contribution in [0, 0.1) is 0 Å². The Balaban J connectivity index is 3.81. The number of nitrogens with one attached hydrogen (secondary N) is 1. The highest BCUT2D eigenvalue weighted by molar-refractivity contribution is 4.73. The van der Waals surface area contributed by atoms with E-state index in [2.05, 4.69) is 39.9 Å². The van der Waals surface area contributed by atoms with Crippen LogP contribution in [0.15, 0.2) is 0 Å². The third kappa shape index (κ3) is 9.13. The Kier molecular flexibility index (Phi) is 7.98. The molecule has 0 bridgehead atoms. The van der Waals surface area contributed by atoms with Crippen molar-refractivity contribution in [3.8, 4) is 0 Å². The fraction of sp³-hybridized carbons (Fsp3) is 1.00. The molecule has 0 amide bonds. The van der Waals surface area contributed by atoms with Gasteiger partial charge in [-0.05, 0) is 41.0 Å². The molecular weight excluding hydrogens is 202 g/mol. The van der Waals surface area contributed by atoms with Crippen LogP contribution in [0.5, 0.6) is 0 Å². The highest BCUT2D eigenvalue weighted by atomic mass is 16.5. The van der Waals surface area contributed by atoms with Gasteiger partial charge >= 0.3 is 0 Å². The number of hydrogen-bond donors (Lipinski definition) is 1. The number of hydrogen-bond acceptors (Lipinski definition) is 3. The normalized spacial score (nSPS) is 16.1. The van der Waals surface area contributed by atoms with E-state index in [0.29, 0.717) is 6.61 Å². The second-order valence-corrected chi connectivity index (χ2v) is 5.27. The molecule has 0 fully saturated rings. The van der Waals surface area contributed by atoms with E-state index >= 15 is 0 Å². The Morgan fingerprint density at radius 1 is 1.19 bits per heavy atom. The van der Waals surface area contributed by atoms with Gasteiger partial charge < -0.3 is 14.8 Å². The summed E-state index contributed by atoms with van der Waals surface area (Å²) in [7, 11) is 0. The molecule has 0 heterocycles. The van der Waals surface area contributed by atoms with Crippen molar-refractivity contribution < 1.29 is 9.47 Å². The average Bonchev–Trinajstić information content (AvgIpc) is 2.19. The second kappa shape index (κ2) is 8.04. The van der Waals surface area contributed by atoms with Gasteiger partial charge in [-0.15, -0.1) is 0 Å². The fourth-order valence-electron chi connectivity index (χ4n) is 1.36. The van der Waals surface area contributed by atoms with Crippen molar-refractivity contribution in [2.75, 3.05) is 19.8 Å². The zero-order valence-corrected chi connectivity index (χ0v) is 11.8. The minimum atomic E-state index is 0.153. The lowest BCUT2D eigenvalue weighted by atomic mass is 10.1. The molecule has 0 aliphatic carbocycles. The first kappa shape index (κ1) is 15.9. The molecule has 98 valence electrons. The van der Waals surface area contributed by atoms with Crippen molar-refractivity contribution in [3.63, 3.8) is 0 Å². The van der Waals surface area contributed by atoms with E-state index in [1.54, 1.807) is 0 Å². The minimum Gasteiger partial charge on any atom is -0.379 e. The van der Waals surface area contributed by atoms with E-state index in [1.807, 2.05) is 6.92 Å². The van der Waals surface area contributed by atoms with Gasteiger partial charge in [0.05, 0.1) is 18.8 Å². The van der Waals surface area contributed by atoms with Crippen molar-refractivity contribution in [3.05, 3.63) is 0 Å².